The second kappa shape index (κ2) is 6.88. The number of amides is 1. The molecule has 2 aliphatic heterocycles. The number of ether oxygens (including phenoxy) is 1. The highest BCUT2D eigenvalue weighted by Crippen LogP contribution is 2.39. The van der Waals surface area contributed by atoms with Crippen molar-refractivity contribution >= 4 is 5.91 Å². The van der Waals surface area contributed by atoms with Crippen LogP contribution in [0.1, 0.15) is 34.7 Å². The Balaban J connectivity index is 1.44. The standard InChI is InChI=1S/C23H26N4O2/c1-17-5-7-18(8-6-17)20-14-24-21-15-29-16-23(27(20)21)9-12-26(13-10-23)22(28)19-4-3-11-25(19)2/h3-8,11,14H,9-10,12-13,15-16H2,1-2H3. The van der Waals surface area contributed by atoms with Crippen molar-refractivity contribution in [2.24, 2.45) is 7.05 Å². The van der Waals surface area contributed by atoms with E-state index in [1.807, 2.05) is 41.0 Å². The molecule has 1 aromatic carbocycles. The van der Waals surface area contributed by atoms with Crippen LogP contribution in [0, 0.1) is 6.92 Å². The van der Waals surface area contributed by atoms with Gasteiger partial charge in [-0.2, -0.15) is 0 Å². The maximum atomic E-state index is 12.9. The molecule has 0 atom stereocenters. The van der Waals surface area contributed by atoms with Crippen LogP contribution in [0.15, 0.2) is 48.8 Å². The summed E-state index contributed by atoms with van der Waals surface area (Å²) in [5.74, 6) is 1.09. The van der Waals surface area contributed by atoms with Crippen molar-refractivity contribution in [3.8, 4) is 11.3 Å². The van der Waals surface area contributed by atoms with Crippen LogP contribution in [0.2, 0.25) is 0 Å². The maximum absolute atomic E-state index is 12.9. The van der Waals surface area contributed by atoms with Crippen molar-refractivity contribution in [2.45, 2.75) is 31.9 Å². The number of carbonyl (C=O) groups is 1. The lowest BCUT2D eigenvalue weighted by Gasteiger charge is -2.46. The molecule has 1 spiro atoms. The van der Waals surface area contributed by atoms with Crippen molar-refractivity contribution in [1.82, 2.24) is 19.0 Å². The molecule has 0 aliphatic carbocycles. The number of imidazole rings is 1. The summed E-state index contributed by atoms with van der Waals surface area (Å²) in [7, 11) is 1.92. The number of hydrogen-bond acceptors (Lipinski definition) is 3. The van der Waals surface area contributed by atoms with Gasteiger partial charge in [0, 0.05) is 26.3 Å². The number of aromatic nitrogens is 3. The summed E-state index contributed by atoms with van der Waals surface area (Å²) >= 11 is 0. The quantitative estimate of drug-likeness (QED) is 0.674. The molecule has 6 heteroatoms. The molecule has 0 bridgehead atoms. The van der Waals surface area contributed by atoms with Gasteiger partial charge in [-0.25, -0.2) is 4.98 Å². The lowest BCUT2D eigenvalue weighted by atomic mass is 9.86. The molecule has 5 rings (SSSR count). The van der Waals surface area contributed by atoms with Gasteiger partial charge < -0.3 is 18.8 Å². The van der Waals surface area contributed by atoms with Gasteiger partial charge in [0.15, 0.2) is 0 Å². The number of nitrogens with zero attached hydrogens (tertiary/aromatic N) is 4. The monoisotopic (exact) mass is 390 g/mol. The van der Waals surface area contributed by atoms with E-state index in [9.17, 15) is 4.79 Å². The fourth-order valence-corrected chi connectivity index (χ4v) is 4.69. The third-order valence-corrected chi connectivity index (χ3v) is 6.40. The Morgan fingerprint density at radius 3 is 2.59 bits per heavy atom. The van der Waals surface area contributed by atoms with Gasteiger partial charge in [-0.15, -0.1) is 0 Å². The van der Waals surface area contributed by atoms with Crippen LogP contribution in [0.5, 0.6) is 0 Å². The van der Waals surface area contributed by atoms with Gasteiger partial charge in [-0.05, 0) is 37.5 Å². The SMILES string of the molecule is Cc1ccc(-c2cnc3n2C2(CCN(C(=O)c4cccn4C)CC2)COC3)cc1. The maximum Gasteiger partial charge on any atom is 0.270 e. The van der Waals surface area contributed by atoms with E-state index in [4.69, 9.17) is 4.74 Å². The molecule has 29 heavy (non-hydrogen) atoms. The molecule has 4 heterocycles. The molecular weight excluding hydrogens is 364 g/mol. The zero-order chi connectivity index (χ0) is 20.0. The fourth-order valence-electron chi connectivity index (χ4n) is 4.69. The lowest BCUT2D eigenvalue weighted by molar-refractivity contribution is -0.0276. The largest absolute Gasteiger partial charge is 0.371 e. The van der Waals surface area contributed by atoms with E-state index in [-0.39, 0.29) is 11.4 Å². The van der Waals surface area contributed by atoms with Gasteiger partial charge in [0.25, 0.3) is 5.91 Å². The summed E-state index contributed by atoms with van der Waals surface area (Å²) < 4.78 is 10.2. The second-order valence-electron chi connectivity index (χ2n) is 8.27. The number of piperidine rings is 1. The Morgan fingerprint density at radius 1 is 1.14 bits per heavy atom. The molecule has 2 aliphatic rings. The van der Waals surface area contributed by atoms with E-state index in [1.165, 1.54) is 11.1 Å². The summed E-state index contributed by atoms with van der Waals surface area (Å²) in [4.78, 5) is 19.6. The third kappa shape index (κ3) is 2.99. The first-order chi connectivity index (χ1) is 14.1. The number of aryl methyl sites for hydroxylation is 2. The van der Waals surface area contributed by atoms with Gasteiger partial charge in [0.05, 0.1) is 24.0 Å². The molecule has 1 fully saturated rings. The average molecular weight is 390 g/mol. The fraction of sp³-hybridized carbons (Fsp3) is 0.391. The van der Waals surface area contributed by atoms with Crippen LogP contribution in [0.4, 0.5) is 0 Å². The molecular formula is C23H26N4O2. The highest BCUT2D eigenvalue weighted by atomic mass is 16.5. The molecule has 2 aromatic heterocycles. The zero-order valence-electron chi connectivity index (χ0n) is 17.0. The minimum absolute atomic E-state index is 0.105. The second-order valence-corrected chi connectivity index (χ2v) is 8.27. The van der Waals surface area contributed by atoms with Crippen molar-refractivity contribution in [2.75, 3.05) is 19.7 Å². The highest BCUT2D eigenvalue weighted by Gasteiger charge is 2.43. The van der Waals surface area contributed by atoms with Crippen LogP contribution in [-0.2, 0) is 23.9 Å². The first kappa shape index (κ1) is 18.2. The number of rotatable bonds is 2. The normalized spacial score (nSPS) is 18.1. The lowest BCUT2D eigenvalue weighted by Crippen LogP contribution is -2.52. The van der Waals surface area contributed by atoms with Crippen molar-refractivity contribution in [3.63, 3.8) is 0 Å². The van der Waals surface area contributed by atoms with E-state index in [1.54, 1.807) is 0 Å². The average Bonchev–Trinajstić information content (AvgIpc) is 3.36. The molecule has 0 saturated carbocycles. The summed E-state index contributed by atoms with van der Waals surface area (Å²) in [6.45, 7) is 4.75. The van der Waals surface area contributed by atoms with Gasteiger partial charge >= 0.3 is 0 Å². The minimum atomic E-state index is -0.144. The summed E-state index contributed by atoms with van der Waals surface area (Å²) in [6, 6.07) is 12.4. The smallest absolute Gasteiger partial charge is 0.270 e. The topological polar surface area (TPSA) is 52.3 Å². The molecule has 1 amide bonds. The van der Waals surface area contributed by atoms with E-state index < -0.39 is 0 Å². The van der Waals surface area contributed by atoms with Crippen molar-refractivity contribution in [3.05, 3.63) is 65.9 Å². The van der Waals surface area contributed by atoms with Gasteiger partial charge in [-0.3, -0.25) is 4.79 Å². The summed E-state index contributed by atoms with van der Waals surface area (Å²) in [5.41, 5.74) is 4.17. The minimum Gasteiger partial charge on any atom is -0.371 e. The predicted octanol–water partition coefficient (Wildman–Crippen LogP) is 3.36. The van der Waals surface area contributed by atoms with Gasteiger partial charge in [0.2, 0.25) is 0 Å². The van der Waals surface area contributed by atoms with E-state index in [2.05, 4.69) is 40.7 Å². The molecule has 0 unspecified atom stereocenters. The van der Waals surface area contributed by atoms with E-state index >= 15 is 0 Å². The summed E-state index contributed by atoms with van der Waals surface area (Å²) in [6.07, 6.45) is 5.62. The first-order valence-electron chi connectivity index (χ1n) is 10.2. The van der Waals surface area contributed by atoms with Crippen LogP contribution in [0.25, 0.3) is 11.3 Å². The number of likely N-dealkylation sites (tertiary alicyclic amines) is 1. The zero-order valence-corrected chi connectivity index (χ0v) is 17.0. The molecule has 150 valence electrons. The van der Waals surface area contributed by atoms with Crippen LogP contribution < -0.4 is 0 Å². The van der Waals surface area contributed by atoms with Crippen molar-refractivity contribution in [1.29, 1.82) is 0 Å². The van der Waals surface area contributed by atoms with Crippen molar-refractivity contribution < 1.29 is 9.53 Å². The number of carbonyl (C=O) groups excluding carboxylic acids is 1. The molecule has 1 saturated heterocycles. The number of fused-ring (bicyclic) bond motifs is 2. The van der Waals surface area contributed by atoms with Gasteiger partial charge in [0.1, 0.15) is 18.1 Å². The highest BCUT2D eigenvalue weighted by molar-refractivity contribution is 5.92. The van der Waals surface area contributed by atoms with Crippen LogP contribution in [0.3, 0.4) is 0 Å². The van der Waals surface area contributed by atoms with Crippen LogP contribution >= 0.6 is 0 Å². The first-order valence-corrected chi connectivity index (χ1v) is 10.2. The molecule has 6 nitrogen and oxygen atoms in total. The molecule has 3 aromatic rings. The Labute approximate surface area is 170 Å². The predicted molar refractivity (Wildman–Crippen MR) is 111 cm³/mol. The van der Waals surface area contributed by atoms with E-state index in [0.717, 1.165) is 43.1 Å². The van der Waals surface area contributed by atoms with E-state index in [0.29, 0.717) is 13.2 Å². The Hall–Kier alpha value is -2.86. The Kier molecular flexibility index (Phi) is 4.32. The molecule has 0 radical (unpaired) electrons. The third-order valence-electron chi connectivity index (χ3n) is 6.40. The summed E-state index contributed by atoms with van der Waals surface area (Å²) in [5, 5.41) is 0. The Bertz CT molecular complexity index is 1040. The van der Waals surface area contributed by atoms with Crippen LogP contribution in [-0.4, -0.2) is 44.6 Å². The Morgan fingerprint density at radius 2 is 1.90 bits per heavy atom. The number of hydrogen-bond donors (Lipinski definition) is 0. The number of benzene rings is 1. The van der Waals surface area contributed by atoms with Gasteiger partial charge in [-0.1, -0.05) is 29.8 Å². The molecule has 0 N–H and O–H groups in total.